The van der Waals surface area contributed by atoms with E-state index in [9.17, 15) is 9.59 Å². The van der Waals surface area contributed by atoms with Crippen molar-refractivity contribution in [1.29, 1.82) is 0 Å². The van der Waals surface area contributed by atoms with E-state index in [0.29, 0.717) is 0 Å². The van der Waals surface area contributed by atoms with Crippen LogP contribution in [0.5, 0.6) is 0 Å². The van der Waals surface area contributed by atoms with Gasteiger partial charge in [-0.3, -0.25) is 14.5 Å². The Morgan fingerprint density at radius 3 is 2.62 bits per heavy atom. The van der Waals surface area contributed by atoms with E-state index in [2.05, 4.69) is 29.4 Å². The first-order chi connectivity index (χ1) is 10.1. The van der Waals surface area contributed by atoms with Gasteiger partial charge in [-0.25, -0.2) is 0 Å². The number of nitrogens with zero attached hydrogens (tertiary/aromatic N) is 2. The van der Waals surface area contributed by atoms with Gasteiger partial charge in [0.15, 0.2) is 0 Å². The molecule has 0 spiro atoms. The van der Waals surface area contributed by atoms with Crippen molar-refractivity contribution in [2.75, 3.05) is 27.2 Å². The van der Waals surface area contributed by atoms with E-state index in [-0.39, 0.29) is 24.3 Å². The maximum absolute atomic E-state index is 11.7. The van der Waals surface area contributed by atoms with Gasteiger partial charge in [0.05, 0.1) is 12.5 Å². The van der Waals surface area contributed by atoms with Crippen LogP contribution in [-0.2, 0) is 16.1 Å². The molecule has 1 fully saturated rings. The number of nitrogens with one attached hydrogen (secondary N) is 1. The van der Waals surface area contributed by atoms with Gasteiger partial charge in [-0.15, -0.1) is 0 Å². The Morgan fingerprint density at radius 1 is 1.29 bits per heavy atom. The molecule has 114 valence electrons. The predicted octanol–water partition coefficient (Wildman–Crippen LogP) is 0.855. The van der Waals surface area contributed by atoms with Crippen LogP contribution in [0.2, 0.25) is 0 Å². The van der Waals surface area contributed by atoms with E-state index in [1.54, 1.807) is 7.05 Å². The zero-order valence-corrected chi connectivity index (χ0v) is 12.7. The molecule has 5 nitrogen and oxygen atoms in total. The number of imide groups is 1. The fourth-order valence-electron chi connectivity index (χ4n) is 2.51. The van der Waals surface area contributed by atoms with Gasteiger partial charge in [0, 0.05) is 13.6 Å². The zero-order valence-electron chi connectivity index (χ0n) is 12.7. The van der Waals surface area contributed by atoms with Crippen molar-refractivity contribution in [3.63, 3.8) is 0 Å². The van der Waals surface area contributed by atoms with Crippen LogP contribution in [-0.4, -0.2) is 54.8 Å². The van der Waals surface area contributed by atoms with Crippen LogP contribution in [0.1, 0.15) is 18.4 Å². The summed E-state index contributed by atoms with van der Waals surface area (Å²) in [6.45, 7) is 2.62. The molecule has 1 aliphatic heterocycles. The third-order valence-corrected chi connectivity index (χ3v) is 3.78. The summed E-state index contributed by atoms with van der Waals surface area (Å²) < 4.78 is 0. The summed E-state index contributed by atoms with van der Waals surface area (Å²) in [6, 6.07) is 10.0. The first-order valence-corrected chi connectivity index (χ1v) is 7.34. The Labute approximate surface area is 125 Å². The van der Waals surface area contributed by atoms with Gasteiger partial charge in [0.2, 0.25) is 11.8 Å². The zero-order chi connectivity index (χ0) is 15.2. The normalized spacial score (nSPS) is 18.8. The number of hydrogen-bond donors (Lipinski definition) is 1. The van der Waals surface area contributed by atoms with Gasteiger partial charge in [0.1, 0.15) is 0 Å². The van der Waals surface area contributed by atoms with Crippen molar-refractivity contribution < 1.29 is 9.59 Å². The minimum atomic E-state index is -0.332. The molecular weight excluding hydrogens is 266 g/mol. The van der Waals surface area contributed by atoms with Crippen molar-refractivity contribution in [2.24, 2.45) is 0 Å². The van der Waals surface area contributed by atoms with E-state index in [0.717, 1.165) is 26.1 Å². The molecule has 0 aliphatic carbocycles. The van der Waals surface area contributed by atoms with Gasteiger partial charge in [-0.2, -0.15) is 0 Å². The van der Waals surface area contributed by atoms with Crippen LogP contribution >= 0.6 is 0 Å². The van der Waals surface area contributed by atoms with Crippen molar-refractivity contribution in [3.05, 3.63) is 35.9 Å². The molecule has 1 aromatic carbocycles. The summed E-state index contributed by atoms with van der Waals surface area (Å²) >= 11 is 0. The molecule has 2 rings (SSSR count). The summed E-state index contributed by atoms with van der Waals surface area (Å²) in [5, 5.41) is 3.17. The first kappa shape index (κ1) is 15.7. The van der Waals surface area contributed by atoms with E-state index in [1.165, 1.54) is 10.5 Å². The predicted molar refractivity (Wildman–Crippen MR) is 81.6 cm³/mol. The highest BCUT2D eigenvalue weighted by molar-refractivity contribution is 6.05. The van der Waals surface area contributed by atoms with Crippen molar-refractivity contribution in [2.45, 2.75) is 25.4 Å². The lowest BCUT2D eigenvalue weighted by molar-refractivity contribution is -0.137. The van der Waals surface area contributed by atoms with Crippen LogP contribution < -0.4 is 5.32 Å². The number of rotatable bonds is 7. The number of likely N-dealkylation sites (tertiary alicyclic amines) is 1. The van der Waals surface area contributed by atoms with Gasteiger partial charge >= 0.3 is 0 Å². The number of carbonyl (C=O) groups is 2. The Hall–Kier alpha value is -1.72. The monoisotopic (exact) mass is 289 g/mol. The van der Waals surface area contributed by atoms with E-state index in [1.807, 2.05) is 18.2 Å². The second kappa shape index (κ2) is 7.33. The number of carbonyl (C=O) groups excluding carboxylic acids is 2. The van der Waals surface area contributed by atoms with Crippen LogP contribution in [0.4, 0.5) is 0 Å². The first-order valence-electron chi connectivity index (χ1n) is 7.34. The van der Waals surface area contributed by atoms with E-state index < -0.39 is 0 Å². The lowest BCUT2D eigenvalue weighted by Gasteiger charge is -2.17. The highest BCUT2D eigenvalue weighted by atomic mass is 16.2. The fourth-order valence-corrected chi connectivity index (χ4v) is 2.51. The summed E-state index contributed by atoms with van der Waals surface area (Å²) in [6.07, 6.45) is 1.24. The SMILES string of the molecule is CN(CCCNC1CC(=O)N(C)C1=O)Cc1ccccc1. The maximum atomic E-state index is 11.7. The number of likely N-dealkylation sites (N-methyl/N-ethyl adjacent to an activating group) is 1. The van der Waals surface area contributed by atoms with Crippen LogP contribution in [0.3, 0.4) is 0 Å². The van der Waals surface area contributed by atoms with Crippen LogP contribution in [0, 0.1) is 0 Å². The molecule has 1 aromatic rings. The van der Waals surface area contributed by atoms with Gasteiger partial charge in [0.25, 0.3) is 0 Å². The molecule has 0 saturated carbocycles. The number of benzene rings is 1. The average molecular weight is 289 g/mol. The molecule has 21 heavy (non-hydrogen) atoms. The summed E-state index contributed by atoms with van der Waals surface area (Å²) in [5.74, 6) is -0.212. The Kier molecular flexibility index (Phi) is 5.47. The highest BCUT2D eigenvalue weighted by Crippen LogP contribution is 2.10. The van der Waals surface area contributed by atoms with E-state index in [4.69, 9.17) is 0 Å². The Balaban J connectivity index is 1.64. The molecule has 1 unspecified atom stereocenters. The smallest absolute Gasteiger partial charge is 0.246 e. The molecule has 1 atom stereocenters. The van der Waals surface area contributed by atoms with Gasteiger partial charge in [-0.1, -0.05) is 30.3 Å². The lowest BCUT2D eigenvalue weighted by atomic mass is 10.2. The minimum absolute atomic E-state index is 0.0984. The van der Waals surface area contributed by atoms with Crippen molar-refractivity contribution in [3.8, 4) is 0 Å². The molecule has 1 aliphatic rings. The fraction of sp³-hybridized carbons (Fsp3) is 0.500. The standard InChI is InChI=1S/C16H23N3O2/c1-18(12-13-7-4-3-5-8-13)10-6-9-17-14-11-15(20)19(2)16(14)21/h3-5,7-8,14,17H,6,9-12H2,1-2H3. The largest absolute Gasteiger partial charge is 0.305 e. The average Bonchev–Trinajstić information content (AvgIpc) is 2.72. The third kappa shape index (κ3) is 4.37. The van der Waals surface area contributed by atoms with Crippen molar-refractivity contribution >= 4 is 11.8 Å². The molecule has 1 heterocycles. The van der Waals surface area contributed by atoms with Crippen molar-refractivity contribution in [1.82, 2.24) is 15.1 Å². The second-order valence-corrected chi connectivity index (χ2v) is 5.58. The molecule has 0 bridgehead atoms. The van der Waals surface area contributed by atoms with Crippen LogP contribution in [0.25, 0.3) is 0 Å². The summed E-state index contributed by atoms with van der Waals surface area (Å²) in [7, 11) is 3.63. The number of amides is 2. The minimum Gasteiger partial charge on any atom is -0.305 e. The molecular formula is C16H23N3O2. The maximum Gasteiger partial charge on any atom is 0.246 e. The quantitative estimate of drug-likeness (QED) is 0.597. The molecule has 1 N–H and O–H groups in total. The molecule has 5 heteroatoms. The second-order valence-electron chi connectivity index (χ2n) is 5.58. The van der Waals surface area contributed by atoms with Gasteiger partial charge < -0.3 is 10.2 Å². The van der Waals surface area contributed by atoms with Gasteiger partial charge in [-0.05, 0) is 32.1 Å². The summed E-state index contributed by atoms with van der Waals surface area (Å²) in [5.41, 5.74) is 1.30. The summed E-state index contributed by atoms with van der Waals surface area (Å²) in [4.78, 5) is 26.6. The highest BCUT2D eigenvalue weighted by Gasteiger charge is 2.35. The van der Waals surface area contributed by atoms with E-state index >= 15 is 0 Å². The number of hydrogen-bond acceptors (Lipinski definition) is 4. The lowest BCUT2D eigenvalue weighted by Crippen LogP contribution is -2.38. The Bertz CT molecular complexity index is 490. The van der Waals surface area contributed by atoms with Crippen LogP contribution in [0.15, 0.2) is 30.3 Å². The molecule has 1 saturated heterocycles. The molecule has 2 amide bonds. The third-order valence-electron chi connectivity index (χ3n) is 3.78. The molecule has 0 aromatic heterocycles. The topological polar surface area (TPSA) is 52.7 Å². The Morgan fingerprint density at radius 2 is 2.00 bits per heavy atom. The molecule has 0 radical (unpaired) electrons.